The molecule has 0 amide bonds. The summed E-state index contributed by atoms with van der Waals surface area (Å²) in [7, 11) is 0. The highest BCUT2D eigenvalue weighted by molar-refractivity contribution is 5.88. The lowest BCUT2D eigenvalue weighted by atomic mass is 9.90. The second-order valence-electron chi connectivity index (χ2n) is 4.62. The summed E-state index contributed by atoms with van der Waals surface area (Å²) in [6.45, 7) is 1.20. The molecule has 19 heavy (non-hydrogen) atoms. The summed E-state index contributed by atoms with van der Waals surface area (Å²) in [4.78, 5) is 11.0. The molecule has 104 valence electrons. The molecule has 2 rings (SSSR count). The van der Waals surface area contributed by atoms with E-state index >= 15 is 0 Å². The Bertz CT molecular complexity index is 550. The number of benzene rings is 1. The Hall–Kier alpha value is -1.66. The van der Waals surface area contributed by atoms with Gasteiger partial charge in [0.25, 0.3) is 5.92 Å². The van der Waals surface area contributed by atoms with Gasteiger partial charge in [0.05, 0.1) is 5.56 Å². The van der Waals surface area contributed by atoms with Crippen LogP contribution in [-0.4, -0.2) is 17.0 Å². The summed E-state index contributed by atoms with van der Waals surface area (Å²) in [5.74, 6) is -5.15. The zero-order valence-corrected chi connectivity index (χ0v) is 9.68. The van der Waals surface area contributed by atoms with E-state index in [1.54, 1.807) is 0 Å². The Balaban J connectivity index is 2.52. The van der Waals surface area contributed by atoms with E-state index in [0.29, 0.717) is 12.1 Å². The first kappa shape index (κ1) is 13.8. The molecule has 0 radical (unpaired) electrons. The first-order valence-corrected chi connectivity index (χ1v) is 5.32. The van der Waals surface area contributed by atoms with Crippen molar-refractivity contribution in [2.45, 2.75) is 30.9 Å². The van der Waals surface area contributed by atoms with Crippen molar-refractivity contribution >= 4 is 5.97 Å². The largest absolute Gasteiger partial charge is 0.480 e. The lowest BCUT2D eigenvalue weighted by molar-refractivity contribution is -0.143. The van der Waals surface area contributed by atoms with Gasteiger partial charge in [-0.15, -0.1) is 0 Å². The van der Waals surface area contributed by atoms with Crippen molar-refractivity contribution in [3.05, 3.63) is 34.9 Å². The van der Waals surface area contributed by atoms with E-state index < -0.39 is 35.5 Å². The van der Waals surface area contributed by atoms with Gasteiger partial charge in [-0.25, -0.2) is 8.78 Å². The van der Waals surface area contributed by atoms with Gasteiger partial charge in [-0.2, -0.15) is 13.2 Å². The van der Waals surface area contributed by atoms with Crippen LogP contribution in [0.4, 0.5) is 22.0 Å². The van der Waals surface area contributed by atoms with E-state index in [-0.39, 0.29) is 11.1 Å². The van der Waals surface area contributed by atoms with Gasteiger partial charge in [-0.3, -0.25) is 4.79 Å². The molecule has 1 fully saturated rings. The molecule has 1 aliphatic rings. The number of aryl methyl sites for hydroxylation is 1. The third-order valence-electron chi connectivity index (χ3n) is 3.37. The van der Waals surface area contributed by atoms with Crippen LogP contribution in [0.3, 0.4) is 0 Å². The van der Waals surface area contributed by atoms with Gasteiger partial charge in [0.2, 0.25) is 0 Å². The van der Waals surface area contributed by atoms with Gasteiger partial charge >= 0.3 is 12.1 Å². The number of hydrogen-bond acceptors (Lipinski definition) is 1. The molecule has 0 heterocycles. The molecule has 1 aromatic rings. The SMILES string of the molecule is Cc1cc(C(F)(F)F)ccc1C1(C(=O)O)CC1(F)F. The number of carbonyl (C=O) groups is 1. The smallest absolute Gasteiger partial charge is 0.416 e. The fourth-order valence-electron chi connectivity index (χ4n) is 2.25. The zero-order valence-electron chi connectivity index (χ0n) is 9.68. The third kappa shape index (κ3) is 1.87. The average Bonchev–Trinajstić information content (AvgIpc) is 2.81. The van der Waals surface area contributed by atoms with Gasteiger partial charge in [-0.1, -0.05) is 6.07 Å². The molecule has 1 aliphatic carbocycles. The van der Waals surface area contributed by atoms with Gasteiger partial charge in [0.1, 0.15) is 0 Å². The van der Waals surface area contributed by atoms with Gasteiger partial charge < -0.3 is 5.11 Å². The van der Waals surface area contributed by atoms with E-state index in [2.05, 4.69) is 0 Å². The molecule has 0 aliphatic heterocycles. The minimum absolute atomic E-state index is 0.102. The summed E-state index contributed by atoms with van der Waals surface area (Å²) >= 11 is 0. The van der Waals surface area contributed by atoms with E-state index in [1.807, 2.05) is 0 Å². The van der Waals surface area contributed by atoms with Crippen molar-refractivity contribution in [1.82, 2.24) is 0 Å². The van der Waals surface area contributed by atoms with E-state index in [1.165, 1.54) is 6.92 Å². The lowest BCUT2D eigenvalue weighted by Gasteiger charge is -2.16. The molecule has 0 saturated heterocycles. The maximum absolute atomic E-state index is 13.3. The Kier molecular flexibility index (Phi) is 2.66. The maximum atomic E-state index is 13.3. The number of aliphatic carboxylic acids is 1. The molecular formula is C12H9F5O2. The first-order valence-electron chi connectivity index (χ1n) is 5.32. The van der Waals surface area contributed by atoms with Crippen LogP contribution in [0, 0.1) is 6.92 Å². The molecule has 0 aromatic heterocycles. The predicted octanol–water partition coefficient (Wildman–Crippen LogP) is 3.38. The summed E-state index contributed by atoms with van der Waals surface area (Å²) in [5.41, 5.74) is -3.74. The standard InChI is InChI=1S/C12H9F5O2/c1-6-4-7(12(15,16)17)2-3-8(6)10(9(18)19)5-11(10,13)14/h2-4H,5H2,1H3,(H,18,19). The fraction of sp³-hybridized carbons (Fsp3) is 0.417. The van der Waals surface area contributed by atoms with Crippen molar-refractivity contribution < 1.29 is 31.9 Å². The predicted molar refractivity (Wildman–Crippen MR) is 55.1 cm³/mol. The Morgan fingerprint density at radius 3 is 2.16 bits per heavy atom. The van der Waals surface area contributed by atoms with E-state index in [4.69, 9.17) is 5.11 Å². The zero-order chi connectivity index (χ0) is 14.6. The third-order valence-corrected chi connectivity index (χ3v) is 3.37. The number of carboxylic acid groups (broad SMARTS) is 1. The van der Waals surface area contributed by atoms with Crippen molar-refractivity contribution in [2.75, 3.05) is 0 Å². The second-order valence-corrected chi connectivity index (χ2v) is 4.62. The molecule has 1 N–H and O–H groups in total. The number of rotatable bonds is 2. The van der Waals surface area contributed by atoms with Crippen LogP contribution in [0.15, 0.2) is 18.2 Å². The summed E-state index contributed by atoms with van der Waals surface area (Å²) in [6, 6.07) is 2.14. The average molecular weight is 280 g/mol. The fourth-order valence-corrected chi connectivity index (χ4v) is 2.25. The van der Waals surface area contributed by atoms with Gasteiger partial charge in [-0.05, 0) is 30.2 Å². The molecule has 7 heteroatoms. The molecule has 2 nitrogen and oxygen atoms in total. The van der Waals surface area contributed by atoms with Crippen LogP contribution < -0.4 is 0 Å². The van der Waals surface area contributed by atoms with Crippen LogP contribution in [0.2, 0.25) is 0 Å². The molecule has 1 saturated carbocycles. The Morgan fingerprint density at radius 1 is 1.32 bits per heavy atom. The van der Waals surface area contributed by atoms with Crippen molar-refractivity contribution in [3.8, 4) is 0 Å². The van der Waals surface area contributed by atoms with Gasteiger partial charge in [0.15, 0.2) is 5.41 Å². The van der Waals surface area contributed by atoms with Gasteiger partial charge in [0, 0.05) is 6.42 Å². The summed E-state index contributed by atoms with van der Waals surface area (Å²) in [6.07, 6.45) is -5.48. The lowest BCUT2D eigenvalue weighted by Crippen LogP contribution is -2.28. The number of halogens is 5. The number of carboxylic acids is 1. The van der Waals surface area contributed by atoms with Crippen LogP contribution in [0.1, 0.15) is 23.1 Å². The van der Waals surface area contributed by atoms with Crippen molar-refractivity contribution in [3.63, 3.8) is 0 Å². The van der Waals surface area contributed by atoms with E-state index in [9.17, 15) is 26.7 Å². The summed E-state index contributed by atoms with van der Waals surface area (Å²) in [5, 5.41) is 8.94. The molecule has 1 atom stereocenters. The highest BCUT2D eigenvalue weighted by atomic mass is 19.4. The molecule has 1 unspecified atom stereocenters. The monoisotopic (exact) mass is 280 g/mol. The highest BCUT2D eigenvalue weighted by Gasteiger charge is 2.77. The minimum Gasteiger partial charge on any atom is -0.480 e. The van der Waals surface area contributed by atoms with Crippen LogP contribution in [0.25, 0.3) is 0 Å². The summed E-state index contributed by atoms with van der Waals surface area (Å²) < 4.78 is 64.0. The van der Waals surface area contributed by atoms with Crippen LogP contribution in [0.5, 0.6) is 0 Å². The topological polar surface area (TPSA) is 37.3 Å². The Labute approximate surface area is 104 Å². The normalized spacial score (nSPS) is 25.2. The minimum atomic E-state index is -4.59. The van der Waals surface area contributed by atoms with Crippen LogP contribution >= 0.6 is 0 Å². The Morgan fingerprint density at radius 2 is 1.84 bits per heavy atom. The maximum Gasteiger partial charge on any atom is 0.416 e. The quantitative estimate of drug-likeness (QED) is 0.843. The van der Waals surface area contributed by atoms with E-state index in [0.717, 1.165) is 6.07 Å². The molecular weight excluding hydrogens is 271 g/mol. The van der Waals surface area contributed by atoms with Crippen LogP contribution in [-0.2, 0) is 16.4 Å². The number of hydrogen-bond donors (Lipinski definition) is 1. The highest BCUT2D eigenvalue weighted by Crippen LogP contribution is 2.62. The molecule has 0 spiro atoms. The van der Waals surface area contributed by atoms with Crippen molar-refractivity contribution in [1.29, 1.82) is 0 Å². The molecule has 0 bridgehead atoms. The first-order chi connectivity index (χ1) is 8.52. The van der Waals surface area contributed by atoms with Crippen molar-refractivity contribution in [2.24, 2.45) is 0 Å². The second kappa shape index (κ2) is 3.68. The number of alkyl halides is 5. The molecule has 1 aromatic carbocycles.